The molecule has 0 aromatic heterocycles. The van der Waals surface area contributed by atoms with Gasteiger partial charge in [0.05, 0.1) is 50.8 Å². The third kappa shape index (κ3) is 6.45. The normalized spacial score (nSPS) is 42.5. The molecule has 8 atom stereocenters. The highest BCUT2D eigenvalue weighted by molar-refractivity contribution is 4.95. The molecule has 6 heteroatoms. The molecule has 1 saturated carbocycles. The molecule has 4 heterocycles. The highest BCUT2D eigenvalue weighted by Crippen LogP contribution is 2.47. The van der Waals surface area contributed by atoms with Gasteiger partial charge < -0.3 is 18.9 Å². The van der Waals surface area contributed by atoms with Crippen LogP contribution in [0.15, 0.2) is 0 Å². The Balaban J connectivity index is 1.29. The van der Waals surface area contributed by atoms with Gasteiger partial charge in [-0.3, -0.25) is 9.80 Å². The Bertz CT molecular complexity index is 514. The van der Waals surface area contributed by atoms with Crippen LogP contribution in [0.1, 0.15) is 46.5 Å². The summed E-state index contributed by atoms with van der Waals surface area (Å²) in [6, 6.07) is 0. The van der Waals surface area contributed by atoms with Gasteiger partial charge in [0.2, 0.25) is 0 Å². The monoisotopic (exact) mass is 450 g/mol. The third-order valence-corrected chi connectivity index (χ3v) is 8.83. The molecule has 0 bridgehead atoms. The summed E-state index contributed by atoms with van der Waals surface area (Å²) >= 11 is 0. The number of hydrogen-bond donors (Lipinski definition) is 0. The van der Waals surface area contributed by atoms with Crippen molar-refractivity contribution in [2.75, 3.05) is 65.7 Å². The highest BCUT2D eigenvalue weighted by Gasteiger charge is 2.45. The van der Waals surface area contributed by atoms with E-state index in [-0.39, 0.29) is 0 Å². The molecule has 8 unspecified atom stereocenters. The van der Waals surface area contributed by atoms with Crippen LogP contribution in [0, 0.1) is 29.6 Å². The average molecular weight is 451 g/mol. The lowest BCUT2D eigenvalue weighted by Gasteiger charge is -2.50. The van der Waals surface area contributed by atoms with Crippen LogP contribution in [0.25, 0.3) is 0 Å². The van der Waals surface area contributed by atoms with Gasteiger partial charge in [-0.2, -0.15) is 0 Å². The average Bonchev–Trinajstić information content (AvgIpc) is 3.62. The van der Waals surface area contributed by atoms with Crippen LogP contribution in [-0.4, -0.2) is 99.9 Å². The molecule has 0 aromatic rings. The van der Waals surface area contributed by atoms with Crippen molar-refractivity contribution in [3.05, 3.63) is 0 Å². The fourth-order valence-electron chi connectivity index (χ4n) is 6.76. The molecule has 0 spiro atoms. The van der Waals surface area contributed by atoms with Gasteiger partial charge in [0, 0.05) is 39.3 Å². The first-order chi connectivity index (χ1) is 15.7. The first kappa shape index (κ1) is 23.5. The van der Waals surface area contributed by atoms with Crippen molar-refractivity contribution >= 4 is 0 Å². The Morgan fingerprint density at radius 2 is 0.844 bits per heavy atom. The second-order valence-electron chi connectivity index (χ2n) is 11.2. The van der Waals surface area contributed by atoms with E-state index in [1.807, 2.05) is 0 Å². The topological polar surface area (TPSA) is 56.6 Å². The van der Waals surface area contributed by atoms with E-state index >= 15 is 0 Å². The van der Waals surface area contributed by atoms with Gasteiger partial charge in [-0.15, -0.1) is 0 Å². The van der Waals surface area contributed by atoms with E-state index in [2.05, 4.69) is 30.6 Å². The van der Waals surface area contributed by atoms with Crippen LogP contribution < -0.4 is 0 Å². The molecule has 0 radical (unpaired) electrons. The van der Waals surface area contributed by atoms with Gasteiger partial charge >= 0.3 is 0 Å². The first-order valence-corrected chi connectivity index (χ1v) is 13.6. The molecule has 184 valence electrons. The Kier molecular flexibility index (Phi) is 7.76. The van der Waals surface area contributed by atoms with Gasteiger partial charge in [-0.05, 0) is 36.0 Å². The second kappa shape index (κ2) is 10.6. The number of epoxide rings is 4. The van der Waals surface area contributed by atoms with Gasteiger partial charge in [0.1, 0.15) is 0 Å². The van der Waals surface area contributed by atoms with E-state index in [1.54, 1.807) is 0 Å². The number of rotatable bonds is 15. The van der Waals surface area contributed by atoms with Crippen LogP contribution in [0.3, 0.4) is 0 Å². The number of nitrogens with zero attached hydrogens (tertiary/aromatic N) is 2. The Hall–Kier alpha value is -0.240. The van der Waals surface area contributed by atoms with Gasteiger partial charge in [-0.1, -0.05) is 40.0 Å². The second-order valence-corrected chi connectivity index (χ2v) is 11.2. The van der Waals surface area contributed by atoms with E-state index in [9.17, 15) is 0 Å². The predicted molar refractivity (Wildman–Crippen MR) is 125 cm³/mol. The fraction of sp³-hybridized carbons (Fsp3) is 1.00. The molecule has 4 saturated heterocycles. The third-order valence-electron chi connectivity index (χ3n) is 8.83. The molecule has 5 aliphatic rings. The number of ether oxygens (including phenoxy) is 4. The summed E-state index contributed by atoms with van der Waals surface area (Å²) in [6.07, 6.45) is 7.17. The minimum atomic E-state index is 0.462. The zero-order chi connectivity index (χ0) is 22.1. The molecule has 0 N–H and O–H groups in total. The van der Waals surface area contributed by atoms with Gasteiger partial charge in [0.15, 0.2) is 0 Å². The standard InChI is InChI=1S/C26H46N2O4/c1-4-18-7-19(5-2)26(13-28(10-22-16-31-22)11-23-17-32-23)24(6-3)25(18)12-27(8-20-14-29-20)9-21-15-30-21/h18-26H,4-17H2,1-3H3. The smallest absolute Gasteiger partial charge is 0.0936 e. The van der Waals surface area contributed by atoms with Crippen molar-refractivity contribution in [1.82, 2.24) is 9.80 Å². The predicted octanol–water partition coefficient (Wildman–Crippen LogP) is 2.90. The maximum absolute atomic E-state index is 5.62. The minimum absolute atomic E-state index is 0.462. The maximum Gasteiger partial charge on any atom is 0.0936 e. The van der Waals surface area contributed by atoms with Crippen molar-refractivity contribution in [2.45, 2.75) is 70.9 Å². The zero-order valence-electron chi connectivity index (χ0n) is 20.6. The molecule has 0 aromatic carbocycles. The molecular weight excluding hydrogens is 404 g/mol. The Morgan fingerprint density at radius 3 is 1.09 bits per heavy atom. The van der Waals surface area contributed by atoms with Crippen LogP contribution in [-0.2, 0) is 18.9 Å². The van der Waals surface area contributed by atoms with E-state index in [1.165, 1.54) is 38.8 Å². The molecule has 6 nitrogen and oxygen atoms in total. The lowest BCUT2D eigenvalue weighted by atomic mass is 9.59. The summed E-state index contributed by atoms with van der Waals surface area (Å²) in [5.41, 5.74) is 0. The van der Waals surface area contributed by atoms with Crippen LogP contribution in [0.4, 0.5) is 0 Å². The molecule has 4 aliphatic heterocycles. The highest BCUT2D eigenvalue weighted by atomic mass is 16.6. The van der Waals surface area contributed by atoms with Crippen molar-refractivity contribution in [1.29, 1.82) is 0 Å². The molecule has 0 amide bonds. The summed E-state index contributed by atoms with van der Waals surface area (Å²) in [6.45, 7) is 17.9. The van der Waals surface area contributed by atoms with Crippen LogP contribution in [0.5, 0.6) is 0 Å². The first-order valence-electron chi connectivity index (χ1n) is 13.6. The molecule has 5 fully saturated rings. The van der Waals surface area contributed by atoms with E-state index in [0.29, 0.717) is 24.4 Å². The maximum atomic E-state index is 5.62. The quantitative estimate of drug-likeness (QED) is 0.358. The SMILES string of the molecule is CCC1CC(CC)C(CN(CC2CO2)CC2CO2)C(CC)C1CN(CC1CO1)CC1CO1. The fourth-order valence-corrected chi connectivity index (χ4v) is 6.76. The summed E-state index contributed by atoms with van der Waals surface area (Å²) in [5.74, 6) is 4.05. The minimum Gasteiger partial charge on any atom is -0.372 e. The number of hydrogen-bond acceptors (Lipinski definition) is 6. The van der Waals surface area contributed by atoms with Crippen molar-refractivity contribution in [3.63, 3.8) is 0 Å². The van der Waals surface area contributed by atoms with Gasteiger partial charge in [0.25, 0.3) is 0 Å². The summed E-state index contributed by atoms with van der Waals surface area (Å²) in [7, 11) is 0. The van der Waals surface area contributed by atoms with E-state index in [0.717, 1.165) is 82.2 Å². The zero-order valence-corrected chi connectivity index (χ0v) is 20.6. The molecule has 1 aliphatic carbocycles. The Labute approximate surface area is 195 Å². The Morgan fingerprint density at radius 1 is 0.500 bits per heavy atom. The van der Waals surface area contributed by atoms with E-state index < -0.39 is 0 Å². The lowest BCUT2D eigenvalue weighted by Crippen LogP contribution is -2.50. The van der Waals surface area contributed by atoms with Crippen molar-refractivity contribution < 1.29 is 18.9 Å². The summed E-state index contributed by atoms with van der Waals surface area (Å²) < 4.78 is 22.5. The van der Waals surface area contributed by atoms with Crippen molar-refractivity contribution in [3.8, 4) is 0 Å². The molecule has 32 heavy (non-hydrogen) atoms. The van der Waals surface area contributed by atoms with Crippen molar-refractivity contribution in [2.24, 2.45) is 29.6 Å². The molecule has 5 rings (SSSR count). The lowest BCUT2D eigenvalue weighted by molar-refractivity contribution is -0.0112. The van der Waals surface area contributed by atoms with Crippen LogP contribution in [0.2, 0.25) is 0 Å². The summed E-state index contributed by atoms with van der Waals surface area (Å²) in [5, 5.41) is 0. The van der Waals surface area contributed by atoms with Crippen LogP contribution >= 0.6 is 0 Å². The molecular formula is C26H46N2O4. The van der Waals surface area contributed by atoms with Gasteiger partial charge in [-0.25, -0.2) is 0 Å². The largest absolute Gasteiger partial charge is 0.372 e. The van der Waals surface area contributed by atoms with E-state index in [4.69, 9.17) is 18.9 Å². The summed E-state index contributed by atoms with van der Waals surface area (Å²) in [4.78, 5) is 5.39.